The van der Waals surface area contributed by atoms with E-state index in [4.69, 9.17) is 21.3 Å². The monoisotopic (exact) mass is 471 g/mol. The van der Waals surface area contributed by atoms with Crippen molar-refractivity contribution in [2.45, 2.75) is 58.4 Å². The van der Waals surface area contributed by atoms with Crippen molar-refractivity contribution in [2.75, 3.05) is 18.2 Å². The summed E-state index contributed by atoms with van der Waals surface area (Å²) in [6.07, 6.45) is 3.32. The van der Waals surface area contributed by atoms with Crippen LogP contribution in [0.1, 0.15) is 56.0 Å². The number of nitrogens with zero attached hydrogens (tertiary/aromatic N) is 2. The number of methoxy groups -OCH3 is 1. The van der Waals surface area contributed by atoms with E-state index >= 15 is 0 Å². The minimum absolute atomic E-state index is 0.123. The van der Waals surface area contributed by atoms with Crippen molar-refractivity contribution < 1.29 is 9.53 Å². The van der Waals surface area contributed by atoms with Gasteiger partial charge in [-0.25, -0.2) is 4.98 Å². The molecule has 1 N–H and O–H groups in total. The molecule has 0 aliphatic heterocycles. The molecule has 0 spiro atoms. The summed E-state index contributed by atoms with van der Waals surface area (Å²) in [6.45, 7) is 8.70. The van der Waals surface area contributed by atoms with Crippen LogP contribution in [0.25, 0.3) is 0 Å². The van der Waals surface area contributed by atoms with Crippen LogP contribution >= 0.6 is 23.4 Å². The van der Waals surface area contributed by atoms with Gasteiger partial charge in [-0.15, -0.1) is 11.8 Å². The summed E-state index contributed by atoms with van der Waals surface area (Å²) in [6, 6.07) is 7.79. The smallest absolute Gasteiger partial charge is 0.225 e. The fraction of sp³-hybridized carbons (Fsp3) is 0.480. The summed E-state index contributed by atoms with van der Waals surface area (Å²) in [5.41, 5.74) is 4.60. The van der Waals surface area contributed by atoms with Gasteiger partial charge in [0.15, 0.2) is 0 Å². The summed E-state index contributed by atoms with van der Waals surface area (Å²) in [5, 5.41) is 13.8. The van der Waals surface area contributed by atoms with Gasteiger partial charge < -0.3 is 10.1 Å². The van der Waals surface area contributed by atoms with Gasteiger partial charge >= 0.3 is 0 Å². The average Bonchev–Trinajstić information content (AvgIpc) is 2.74. The molecular formula is C25H30ClN3O2S. The topological polar surface area (TPSA) is 75.0 Å². The molecule has 1 unspecified atom stereocenters. The van der Waals surface area contributed by atoms with E-state index in [1.54, 1.807) is 19.2 Å². The Balaban J connectivity index is 1.64. The number of hydrogen-bond acceptors (Lipinski definition) is 5. The number of hydrogen-bond donors (Lipinski definition) is 1. The highest BCUT2D eigenvalue weighted by molar-refractivity contribution is 7.99. The maximum absolute atomic E-state index is 12.5. The van der Waals surface area contributed by atoms with Gasteiger partial charge in [0.05, 0.1) is 18.4 Å². The fourth-order valence-electron chi connectivity index (χ4n) is 3.96. The zero-order valence-electron chi connectivity index (χ0n) is 19.3. The lowest BCUT2D eigenvalue weighted by molar-refractivity contribution is -0.115. The molecule has 1 aromatic heterocycles. The normalized spacial score (nSPS) is 15.6. The quantitative estimate of drug-likeness (QED) is 0.508. The predicted molar refractivity (Wildman–Crippen MR) is 131 cm³/mol. The van der Waals surface area contributed by atoms with E-state index in [1.165, 1.54) is 17.3 Å². The Labute approximate surface area is 199 Å². The fourth-order valence-corrected chi connectivity index (χ4v) is 5.03. The second-order valence-corrected chi connectivity index (χ2v) is 10.8. The number of nitrogens with one attached hydrogen (secondary N) is 1. The van der Waals surface area contributed by atoms with Crippen LogP contribution in [-0.2, 0) is 17.6 Å². The lowest BCUT2D eigenvalue weighted by atomic mass is 9.71. The standard InChI is InChI=1S/C25H30ClN3O2S/c1-15-10-21(22(31-5)13-19(15)26)28-23(30)8-9-32-24-17(14-27)11-16-12-18(25(2,3)4)6-7-20(16)29-24/h10-11,13,18H,6-9,12H2,1-5H3,(H,28,30). The number of aryl methyl sites for hydroxylation is 2. The Morgan fingerprint density at radius 2 is 2.12 bits per heavy atom. The number of carbonyl (C=O) groups excluding carboxylic acids is 1. The van der Waals surface area contributed by atoms with E-state index < -0.39 is 0 Å². The molecular weight excluding hydrogens is 442 g/mol. The molecule has 170 valence electrons. The van der Waals surface area contributed by atoms with Crippen molar-refractivity contribution in [3.05, 3.63) is 45.6 Å². The van der Waals surface area contributed by atoms with Crippen molar-refractivity contribution in [1.82, 2.24) is 4.98 Å². The molecule has 32 heavy (non-hydrogen) atoms. The Kier molecular flexibility index (Phi) is 7.74. The molecule has 5 nitrogen and oxygen atoms in total. The Hall–Kier alpha value is -2.23. The maximum atomic E-state index is 12.5. The van der Waals surface area contributed by atoms with Gasteiger partial charge in [0.2, 0.25) is 5.91 Å². The highest BCUT2D eigenvalue weighted by atomic mass is 35.5. The summed E-state index contributed by atoms with van der Waals surface area (Å²) >= 11 is 7.59. The SMILES string of the molecule is COc1cc(Cl)c(C)cc1NC(=O)CCSc1nc2c(cc1C#N)CC(C(C)(C)C)CC2. The van der Waals surface area contributed by atoms with Crippen molar-refractivity contribution in [1.29, 1.82) is 5.26 Å². The van der Waals surface area contributed by atoms with Gasteiger partial charge in [-0.1, -0.05) is 32.4 Å². The first-order chi connectivity index (χ1) is 15.1. The van der Waals surface area contributed by atoms with Gasteiger partial charge in [0.25, 0.3) is 0 Å². The number of benzene rings is 1. The molecule has 3 rings (SSSR count). The van der Waals surface area contributed by atoms with Crippen LogP contribution in [0.2, 0.25) is 5.02 Å². The van der Waals surface area contributed by atoms with E-state index in [9.17, 15) is 10.1 Å². The lowest BCUT2D eigenvalue weighted by Gasteiger charge is -2.34. The van der Waals surface area contributed by atoms with Gasteiger partial charge in [0, 0.05) is 29.0 Å². The Bertz CT molecular complexity index is 1060. The largest absolute Gasteiger partial charge is 0.495 e. The summed E-state index contributed by atoms with van der Waals surface area (Å²) in [7, 11) is 1.54. The molecule has 1 amide bonds. The molecule has 0 saturated carbocycles. The lowest BCUT2D eigenvalue weighted by Crippen LogP contribution is -2.27. The van der Waals surface area contributed by atoms with Crippen molar-refractivity contribution >= 4 is 35.0 Å². The van der Waals surface area contributed by atoms with E-state index in [2.05, 4.69) is 32.2 Å². The van der Waals surface area contributed by atoms with Crippen molar-refractivity contribution in [3.63, 3.8) is 0 Å². The van der Waals surface area contributed by atoms with E-state index in [1.807, 2.05) is 13.0 Å². The average molecular weight is 472 g/mol. The predicted octanol–water partition coefficient (Wildman–Crippen LogP) is 6.20. The van der Waals surface area contributed by atoms with Crippen LogP contribution in [-0.4, -0.2) is 23.8 Å². The molecule has 0 bridgehead atoms. The number of aromatic nitrogens is 1. The third-order valence-electron chi connectivity index (χ3n) is 6.02. The zero-order valence-corrected chi connectivity index (χ0v) is 20.9. The highest BCUT2D eigenvalue weighted by Gasteiger charge is 2.30. The first-order valence-corrected chi connectivity index (χ1v) is 12.2. The van der Waals surface area contributed by atoms with E-state index in [0.29, 0.717) is 45.1 Å². The maximum Gasteiger partial charge on any atom is 0.225 e. The minimum atomic E-state index is -0.123. The van der Waals surface area contributed by atoms with E-state index in [0.717, 1.165) is 30.5 Å². The van der Waals surface area contributed by atoms with Crippen LogP contribution in [0.5, 0.6) is 5.75 Å². The van der Waals surface area contributed by atoms with E-state index in [-0.39, 0.29) is 11.3 Å². The van der Waals surface area contributed by atoms with Crippen LogP contribution in [0.4, 0.5) is 5.69 Å². The molecule has 0 radical (unpaired) electrons. The third kappa shape index (κ3) is 5.76. The summed E-state index contributed by atoms with van der Waals surface area (Å²) in [5.74, 6) is 1.53. The number of amides is 1. The molecule has 0 fully saturated rings. The molecule has 1 aliphatic carbocycles. The van der Waals surface area contributed by atoms with Crippen LogP contribution in [0.3, 0.4) is 0 Å². The van der Waals surface area contributed by atoms with Crippen LogP contribution in [0.15, 0.2) is 23.2 Å². The number of rotatable bonds is 6. The van der Waals surface area contributed by atoms with Crippen LogP contribution in [0, 0.1) is 29.6 Å². The number of anilines is 1. The molecule has 1 heterocycles. The second-order valence-electron chi connectivity index (χ2n) is 9.31. The first kappa shape index (κ1) is 24.4. The van der Waals surface area contributed by atoms with Gasteiger partial charge in [-0.3, -0.25) is 4.79 Å². The molecule has 1 aromatic carbocycles. The third-order valence-corrected chi connectivity index (χ3v) is 7.42. The molecule has 7 heteroatoms. The molecule has 1 aliphatic rings. The number of thioether (sulfide) groups is 1. The first-order valence-electron chi connectivity index (χ1n) is 10.8. The number of ether oxygens (including phenoxy) is 1. The zero-order chi connectivity index (χ0) is 23.5. The van der Waals surface area contributed by atoms with Crippen molar-refractivity contribution in [2.24, 2.45) is 11.3 Å². The van der Waals surface area contributed by atoms with Crippen LogP contribution < -0.4 is 10.1 Å². The molecule has 2 aromatic rings. The number of halogens is 1. The van der Waals surface area contributed by atoms with Gasteiger partial charge in [0.1, 0.15) is 16.8 Å². The Morgan fingerprint density at radius 1 is 1.38 bits per heavy atom. The molecule has 0 saturated heterocycles. The second kappa shape index (κ2) is 10.1. The number of nitriles is 1. The number of fused-ring (bicyclic) bond motifs is 1. The minimum Gasteiger partial charge on any atom is -0.495 e. The molecule has 1 atom stereocenters. The van der Waals surface area contributed by atoms with Gasteiger partial charge in [-0.2, -0.15) is 5.26 Å². The summed E-state index contributed by atoms with van der Waals surface area (Å²) < 4.78 is 5.32. The Morgan fingerprint density at radius 3 is 2.78 bits per heavy atom. The van der Waals surface area contributed by atoms with Crippen molar-refractivity contribution in [3.8, 4) is 11.8 Å². The van der Waals surface area contributed by atoms with Gasteiger partial charge in [-0.05, 0) is 60.8 Å². The number of carbonyl (C=O) groups is 1. The summed E-state index contributed by atoms with van der Waals surface area (Å²) in [4.78, 5) is 17.3. The highest BCUT2D eigenvalue weighted by Crippen LogP contribution is 2.38. The number of pyridine rings is 1.